The van der Waals surface area contributed by atoms with Gasteiger partial charge in [-0.1, -0.05) is 41.5 Å². The van der Waals surface area contributed by atoms with Crippen molar-refractivity contribution in [1.29, 1.82) is 0 Å². The molecule has 0 spiro atoms. The number of carbonyl (C=O) groups is 4. The average molecular weight is 396 g/mol. The minimum Gasteiger partial charge on any atom is -0.346 e. The van der Waals surface area contributed by atoms with Gasteiger partial charge in [-0.25, -0.2) is 0 Å². The van der Waals surface area contributed by atoms with E-state index in [-0.39, 0.29) is 53.9 Å². The zero-order chi connectivity index (χ0) is 22.0. The van der Waals surface area contributed by atoms with E-state index in [9.17, 15) is 19.2 Å². The summed E-state index contributed by atoms with van der Waals surface area (Å²) in [6, 6.07) is -0.608. The van der Waals surface area contributed by atoms with Crippen LogP contribution in [0.4, 0.5) is 0 Å². The van der Waals surface area contributed by atoms with Crippen LogP contribution in [0.3, 0.4) is 0 Å². The molecule has 0 aliphatic carbocycles. The van der Waals surface area contributed by atoms with Crippen molar-refractivity contribution in [3.63, 3.8) is 0 Å². The molecule has 0 unspecified atom stereocenters. The molecule has 0 fully saturated rings. The molecule has 162 valence electrons. The molecule has 0 aromatic heterocycles. The van der Waals surface area contributed by atoms with Crippen molar-refractivity contribution in [2.24, 2.45) is 29.6 Å². The molecule has 0 heterocycles. The van der Waals surface area contributed by atoms with Crippen LogP contribution in [-0.4, -0.2) is 29.3 Å². The highest BCUT2D eigenvalue weighted by atomic mass is 16.2. The molecule has 5 nitrogen and oxygen atoms in total. The zero-order valence-corrected chi connectivity index (χ0v) is 19.1. The van der Waals surface area contributed by atoms with E-state index in [1.807, 2.05) is 41.5 Å². The maximum Gasteiger partial charge on any atom is 0.224 e. The molecule has 0 saturated heterocycles. The molecule has 1 amide bonds. The minimum atomic E-state index is -0.608. The number of ketones is 3. The molecule has 0 bridgehead atoms. The van der Waals surface area contributed by atoms with E-state index >= 15 is 0 Å². The van der Waals surface area contributed by atoms with Gasteiger partial charge in [-0.05, 0) is 50.9 Å². The second kappa shape index (κ2) is 12.8. The van der Waals surface area contributed by atoms with Crippen molar-refractivity contribution in [3.8, 4) is 0 Å². The Balaban J connectivity index is 5.31. The van der Waals surface area contributed by atoms with Gasteiger partial charge in [0.1, 0.15) is 11.6 Å². The Morgan fingerprint density at radius 2 is 1.14 bits per heavy atom. The molecule has 28 heavy (non-hydrogen) atoms. The summed E-state index contributed by atoms with van der Waals surface area (Å²) in [5, 5.41) is 2.90. The minimum absolute atomic E-state index is 0.0194. The summed E-state index contributed by atoms with van der Waals surface area (Å²) in [6.07, 6.45) is 2.16. The van der Waals surface area contributed by atoms with E-state index in [0.29, 0.717) is 25.2 Å². The fraction of sp³-hybridized carbons (Fsp3) is 0.826. The fourth-order valence-corrected chi connectivity index (χ4v) is 3.58. The fourth-order valence-electron chi connectivity index (χ4n) is 3.58. The molecule has 0 aliphatic rings. The predicted molar refractivity (Wildman–Crippen MR) is 113 cm³/mol. The molecule has 0 aromatic carbocycles. The number of amides is 1. The van der Waals surface area contributed by atoms with Crippen LogP contribution in [0.15, 0.2) is 0 Å². The van der Waals surface area contributed by atoms with Gasteiger partial charge in [-0.15, -0.1) is 0 Å². The lowest BCUT2D eigenvalue weighted by molar-refractivity contribution is -0.134. The van der Waals surface area contributed by atoms with Gasteiger partial charge >= 0.3 is 0 Å². The van der Waals surface area contributed by atoms with Crippen LogP contribution in [-0.2, 0) is 19.2 Å². The maximum absolute atomic E-state index is 12.9. The van der Waals surface area contributed by atoms with Crippen molar-refractivity contribution in [1.82, 2.24) is 5.32 Å². The van der Waals surface area contributed by atoms with E-state index < -0.39 is 12.0 Å². The summed E-state index contributed by atoms with van der Waals surface area (Å²) < 4.78 is 0. The lowest BCUT2D eigenvalue weighted by Gasteiger charge is -2.25. The molecular formula is C23H41NO4. The van der Waals surface area contributed by atoms with Gasteiger partial charge < -0.3 is 10.1 Å². The first kappa shape index (κ1) is 26.5. The third-order valence-corrected chi connectivity index (χ3v) is 4.85. The molecule has 1 N–H and O–H groups in total. The zero-order valence-electron chi connectivity index (χ0n) is 19.1. The standard InChI is InChI=1S/C23H41NO4/c1-14(2)9-19(18(8)26)13-22(27)21(11-16(5)6)24-23(28)20(10-15(3)4)12-17(7)25/h14-16,19-21H,9-13H2,1-8H3,(H,24,28)/t19-,20-,21+/m1/s1. The first-order valence-electron chi connectivity index (χ1n) is 10.7. The molecule has 0 aromatic rings. The lowest BCUT2D eigenvalue weighted by Crippen LogP contribution is -2.45. The Kier molecular flexibility index (Phi) is 12.1. The van der Waals surface area contributed by atoms with Gasteiger partial charge in [-0.2, -0.15) is 0 Å². The number of hydrogen-bond donors (Lipinski definition) is 1. The summed E-state index contributed by atoms with van der Waals surface area (Å²) in [5.74, 6) is -0.214. The summed E-state index contributed by atoms with van der Waals surface area (Å²) in [6.45, 7) is 15.1. The maximum atomic E-state index is 12.9. The van der Waals surface area contributed by atoms with Crippen molar-refractivity contribution < 1.29 is 19.2 Å². The Morgan fingerprint density at radius 1 is 0.679 bits per heavy atom. The quantitative estimate of drug-likeness (QED) is 0.473. The van der Waals surface area contributed by atoms with Gasteiger partial charge in [0.05, 0.1) is 6.04 Å². The van der Waals surface area contributed by atoms with Crippen molar-refractivity contribution in [2.45, 2.75) is 93.5 Å². The van der Waals surface area contributed by atoms with Gasteiger partial charge in [-0.3, -0.25) is 14.4 Å². The Hall–Kier alpha value is -1.52. The van der Waals surface area contributed by atoms with E-state index in [2.05, 4.69) is 5.32 Å². The van der Waals surface area contributed by atoms with Crippen molar-refractivity contribution in [2.75, 3.05) is 0 Å². The summed E-state index contributed by atoms with van der Waals surface area (Å²) in [4.78, 5) is 49.3. The molecule has 5 heteroatoms. The van der Waals surface area contributed by atoms with Crippen LogP contribution >= 0.6 is 0 Å². The molecule has 3 atom stereocenters. The van der Waals surface area contributed by atoms with E-state index in [0.717, 1.165) is 0 Å². The summed E-state index contributed by atoms with van der Waals surface area (Å²) in [5.41, 5.74) is 0. The van der Waals surface area contributed by atoms with Crippen molar-refractivity contribution >= 4 is 23.3 Å². The predicted octanol–water partition coefficient (Wildman–Crippen LogP) is 4.37. The average Bonchev–Trinajstić information content (AvgIpc) is 2.50. The van der Waals surface area contributed by atoms with Crippen LogP contribution in [0.25, 0.3) is 0 Å². The number of nitrogens with one attached hydrogen (secondary N) is 1. The van der Waals surface area contributed by atoms with Crippen molar-refractivity contribution in [3.05, 3.63) is 0 Å². The highest BCUT2D eigenvalue weighted by Gasteiger charge is 2.30. The number of Topliss-reactive ketones (excluding diaryl/α,β-unsaturated/α-hetero) is 3. The Bertz CT molecular complexity index is 537. The first-order chi connectivity index (χ1) is 12.8. The highest BCUT2D eigenvalue weighted by molar-refractivity contribution is 5.93. The van der Waals surface area contributed by atoms with Gasteiger partial charge in [0.2, 0.25) is 5.91 Å². The number of carbonyl (C=O) groups excluding carboxylic acids is 4. The van der Waals surface area contributed by atoms with Gasteiger partial charge in [0.25, 0.3) is 0 Å². The number of hydrogen-bond acceptors (Lipinski definition) is 4. The third-order valence-electron chi connectivity index (χ3n) is 4.85. The second-order valence-electron chi connectivity index (χ2n) is 9.53. The van der Waals surface area contributed by atoms with Gasteiger partial charge in [0, 0.05) is 24.7 Å². The lowest BCUT2D eigenvalue weighted by atomic mass is 9.86. The smallest absolute Gasteiger partial charge is 0.224 e. The van der Waals surface area contributed by atoms with Crippen LogP contribution in [0.5, 0.6) is 0 Å². The largest absolute Gasteiger partial charge is 0.346 e. The van der Waals surface area contributed by atoms with Crippen LogP contribution in [0, 0.1) is 29.6 Å². The number of rotatable bonds is 14. The van der Waals surface area contributed by atoms with E-state index in [1.165, 1.54) is 13.8 Å². The topological polar surface area (TPSA) is 80.3 Å². The monoisotopic (exact) mass is 395 g/mol. The summed E-state index contributed by atoms with van der Waals surface area (Å²) in [7, 11) is 0. The molecule has 0 radical (unpaired) electrons. The normalized spacial score (nSPS) is 14.8. The third kappa shape index (κ3) is 11.4. The molecule has 0 aliphatic heterocycles. The SMILES string of the molecule is CC(=O)C[C@@H](CC(C)C)C(=O)N[C@@H](CC(C)C)C(=O)C[C@@H](CC(C)C)C(C)=O. The molecular weight excluding hydrogens is 354 g/mol. The Morgan fingerprint density at radius 3 is 1.54 bits per heavy atom. The Labute approximate surface area is 171 Å². The molecule has 0 saturated carbocycles. The van der Waals surface area contributed by atoms with Crippen LogP contribution in [0.2, 0.25) is 0 Å². The van der Waals surface area contributed by atoms with Gasteiger partial charge in [0.15, 0.2) is 5.78 Å². The molecule has 0 rings (SSSR count). The second-order valence-corrected chi connectivity index (χ2v) is 9.53. The van der Waals surface area contributed by atoms with E-state index in [1.54, 1.807) is 0 Å². The van der Waals surface area contributed by atoms with Crippen LogP contribution in [0.1, 0.15) is 87.5 Å². The first-order valence-corrected chi connectivity index (χ1v) is 10.7. The summed E-state index contributed by atoms with van der Waals surface area (Å²) >= 11 is 0. The highest BCUT2D eigenvalue weighted by Crippen LogP contribution is 2.21. The van der Waals surface area contributed by atoms with E-state index in [4.69, 9.17) is 0 Å². The van der Waals surface area contributed by atoms with Crippen LogP contribution < -0.4 is 5.32 Å².